The zero-order chi connectivity index (χ0) is 12.6. The number of carbonyl (C=O) groups excluding carboxylic acids is 2. The summed E-state index contributed by atoms with van der Waals surface area (Å²) in [7, 11) is 2.48. The van der Waals surface area contributed by atoms with Crippen LogP contribution in [0.1, 0.15) is 0 Å². The lowest BCUT2D eigenvalue weighted by molar-refractivity contribution is -0.130. The third-order valence-corrected chi connectivity index (χ3v) is 3.95. The Morgan fingerprint density at radius 3 is 1.56 bits per heavy atom. The van der Waals surface area contributed by atoms with Crippen LogP contribution in [-0.4, -0.2) is 45.8 Å². The van der Waals surface area contributed by atoms with Gasteiger partial charge in [0.25, 0.3) is 11.8 Å². The van der Waals surface area contributed by atoms with Gasteiger partial charge in [0.15, 0.2) is 0 Å². The van der Waals surface area contributed by atoms with Crippen molar-refractivity contribution in [1.82, 2.24) is 11.0 Å². The first-order valence-corrected chi connectivity index (χ1v) is 6.65. The van der Waals surface area contributed by atoms with Gasteiger partial charge < -0.3 is 11.5 Å². The molecule has 94 valence electrons. The summed E-state index contributed by atoms with van der Waals surface area (Å²) in [4.78, 5) is 21.5. The predicted octanol–water partition coefficient (Wildman–Crippen LogP) is -1.97. The van der Waals surface area contributed by atoms with E-state index in [0.29, 0.717) is 0 Å². The van der Waals surface area contributed by atoms with Crippen LogP contribution >= 0.6 is 21.6 Å². The van der Waals surface area contributed by atoms with Gasteiger partial charge in [-0.05, 0) is 0 Å². The molecule has 2 atom stereocenters. The molecular weight excluding hydrogens is 256 g/mol. The fraction of sp³-hybridized carbons (Fsp3) is 0.667. The molecule has 0 aromatic rings. The third kappa shape index (κ3) is 6.15. The first-order chi connectivity index (χ1) is 7.52. The Morgan fingerprint density at radius 2 is 1.31 bits per heavy atom. The zero-order valence-corrected chi connectivity index (χ0v) is 9.88. The van der Waals surface area contributed by atoms with Gasteiger partial charge in [-0.15, -0.1) is 0 Å². The van der Waals surface area contributed by atoms with E-state index >= 15 is 0 Å². The molecule has 0 heterocycles. The molecule has 16 heavy (non-hydrogen) atoms. The number of hydroxylamine groups is 2. The van der Waals surface area contributed by atoms with E-state index < -0.39 is 23.9 Å². The molecule has 0 aliphatic carbocycles. The third-order valence-electron chi connectivity index (χ3n) is 1.47. The van der Waals surface area contributed by atoms with Gasteiger partial charge in [-0.1, -0.05) is 21.6 Å². The van der Waals surface area contributed by atoms with Gasteiger partial charge >= 0.3 is 0 Å². The Hall–Kier alpha value is -0.520. The van der Waals surface area contributed by atoms with Gasteiger partial charge in [-0.25, -0.2) is 11.0 Å². The number of hydrogen-bond acceptors (Lipinski definition) is 8. The van der Waals surface area contributed by atoms with E-state index in [1.807, 2.05) is 0 Å². The van der Waals surface area contributed by atoms with E-state index in [2.05, 4.69) is 0 Å². The quantitative estimate of drug-likeness (QED) is 0.135. The van der Waals surface area contributed by atoms with Crippen molar-refractivity contribution in [1.29, 1.82) is 0 Å². The van der Waals surface area contributed by atoms with Crippen molar-refractivity contribution in [3.05, 3.63) is 0 Å². The van der Waals surface area contributed by atoms with Crippen molar-refractivity contribution < 1.29 is 20.0 Å². The average molecular weight is 270 g/mol. The van der Waals surface area contributed by atoms with Crippen molar-refractivity contribution in [2.75, 3.05) is 11.5 Å². The number of amides is 2. The van der Waals surface area contributed by atoms with Gasteiger partial charge in [0.2, 0.25) is 0 Å². The van der Waals surface area contributed by atoms with Crippen molar-refractivity contribution in [2.45, 2.75) is 12.1 Å². The van der Waals surface area contributed by atoms with Crippen LogP contribution in [0.3, 0.4) is 0 Å². The molecule has 0 rings (SSSR count). The molecule has 0 fully saturated rings. The Kier molecular flexibility index (Phi) is 8.33. The maximum atomic E-state index is 10.8. The van der Waals surface area contributed by atoms with Crippen LogP contribution in [0.2, 0.25) is 0 Å². The minimum atomic E-state index is -0.828. The minimum absolute atomic E-state index is 0.268. The van der Waals surface area contributed by atoms with Crippen LogP contribution in [0, 0.1) is 0 Å². The van der Waals surface area contributed by atoms with E-state index in [9.17, 15) is 9.59 Å². The molecule has 0 bridgehead atoms. The summed E-state index contributed by atoms with van der Waals surface area (Å²) >= 11 is 0. The highest BCUT2D eigenvalue weighted by molar-refractivity contribution is 8.76. The molecular formula is C6H14N4O4S2. The molecule has 0 aliphatic heterocycles. The topological polar surface area (TPSA) is 151 Å². The average Bonchev–Trinajstić information content (AvgIpc) is 2.31. The molecule has 0 unspecified atom stereocenters. The smallest absolute Gasteiger partial charge is 0.261 e. The second kappa shape index (κ2) is 8.61. The molecule has 0 aromatic carbocycles. The van der Waals surface area contributed by atoms with Crippen LogP contribution in [0.4, 0.5) is 0 Å². The van der Waals surface area contributed by atoms with Crippen LogP contribution < -0.4 is 22.4 Å². The largest absolute Gasteiger partial charge is 0.319 e. The fourth-order valence-electron chi connectivity index (χ4n) is 0.560. The lowest BCUT2D eigenvalue weighted by atomic mass is 10.3. The van der Waals surface area contributed by atoms with Crippen LogP contribution in [-0.2, 0) is 9.59 Å². The molecule has 0 aliphatic rings. The Labute approximate surface area is 99.8 Å². The number of nitrogens with one attached hydrogen (secondary N) is 2. The van der Waals surface area contributed by atoms with Crippen LogP contribution in [0.15, 0.2) is 0 Å². The molecule has 10 heteroatoms. The fourth-order valence-corrected chi connectivity index (χ4v) is 2.81. The van der Waals surface area contributed by atoms with Crippen molar-refractivity contribution in [2.24, 2.45) is 11.5 Å². The van der Waals surface area contributed by atoms with E-state index in [1.54, 1.807) is 0 Å². The van der Waals surface area contributed by atoms with Crippen molar-refractivity contribution in [3.63, 3.8) is 0 Å². The highest BCUT2D eigenvalue weighted by atomic mass is 33.1. The van der Waals surface area contributed by atoms with E-state index in [4.69, 9.17) is 21.9 Å². The molecule has 8 nitrogen and oxygen atoms in total. The van der Waals surface area contributed by atoms with Crippen molar-refractivity contribution in [3.8, 4) is 0 Å². The molecule has 0 saturated carbocycles. The summed E-state index contributed by atoms with van der Waals surface area (Å²) in [6.07, 6.45) is 0. The first kappa shape index (κ1) is 15.5. The monoisotopic (exact) mass is 270 g/mol. The number of carbonyl (C=O) groups is 2. The lowest BCUT2D eigenvalue weighted by Gasteiger charge is -2.10. The van der Waals surface area contributed by atoms with Crippen LogP contribution in [0.25, 0.3) is 0 Å². The van der Waals surface area contributed by atoms with Gasteiger partial charge in [-0.2, -0.15) is 0 Å². The minimum Gasteiger partial charge on any atom is -0.319 e. The standard InChI is InChI=1S/C6H14N4O4S2/c7-3(5(11)9-13)1-15-16-2-4(8)6(12)10-14/h3-4,13-14H,1-2,7-8H2,(H,9,11)(H,10,12)/t3-,4-/m1/s1. The van der Waals surface area contributed by atoms with E-state index in [1.165, 1.54) is 32.5 Å². The molecule has 0 radical (unpaired) electrons. The number of hydrogen-bond donors (Lipinski definition) is 6. The van der Waals surface area contributed by atoms with Crippen molar-refractivity contribution >= 4 is 33.4 Å². The normalized spacial score (nSPS) is 14.0. The van der Waals surface area contributed by atoms with E-state index in [0.717, 1.165) is 0 Å². The highest BCUT2D eigenvalue weighted by Gasteiger charge is 2.15. The molecule has 0 spiro atoms. The first-order valence-electron chi connectivity index (χ1n) is 4.16. The Morgan fingerprint density at radius 1 is 1.00 bits per heavy atom. The van der Waals surface area contributed by atoms with Gasteiger partial charge in [0, 0.05) is 11.5 Å². The number of nitrogens with two attached hydrogens (primary N) is 2. The van der Waals surface area contributed by atoms with Gasteiger partial charge in [0.05, 0.1) is 12.1 Å². The molecule has 2 amide bonds. The summed E-state index contributed by atoms with van der Waals surface area (Å²) in [5, 5.41) is 16.5. The SMILES string of the molecule is N[C@H](CSSC[C@@H](N)C(=O)NO)C(=O)NO. The second-order valence-electron chi connectivity index (χ2n) is 2.73. The summed E-state index contributed by atoms with van der Waals surface area (Å²) in [5.74, 6) is -0.814. The molecule has 0 saturated heterocycles. The highest BCUT2D eigenvalue weighted by Crippen LogP contribution is 2.22. The van der Waals surface area contributed by atoms with Gasteiger partial charge in [-0.3, -0.25) is 20.0 Å². The predicted molar refractivity (Wildman–Crippen MR) is 60.7 cm³/mol. The Balaban J connectivity index is 3.60. The maximum Gasteiger partial charge on any atom is 0.261 e. The summed E-state index contributed by atoms with van der Waals surface area (Å²) in [5.41, 5.74) is 13.6. The van der Waals surface area contributed by atoms with E-state index in [-0.39, 0.29) is 11.5 Å². The van der Waals surface area contributed by atoms with Crippen LogP contribution in [0.5, 0.6) is 0 Å². The zero-order valence-electron chi connectivity index (χ0n) is 8.25. The summed E-state index contributed by atoms with van der Waals surface area (Å²) < 4.78 is 0. The Bertz CT molecular complexity index is 219. The van der Waals surface area contributed by atoms with Gasteiger partial charge in [0.1, 0.15) is 0 Å². The summed E-state index contributed by atoms with van der Waals surface area (Å²) in [6.45, 7) is 0. The second-order valence-corrected chi connectivity index (χ2v) is 5.29. The maximum absolute atomic E-state index is 10.8. The summed E-state index contributed by atoms with van der Waals surface area (Å²) in [6, 6.07) is -1.66. The molecule has 0 aromatic heterocycles. The lowest BCUT2D eigenvalue weighted by Crippen LogP contribution is -2.41. The molecule has 8 N–H and O–H groups in total. The number of rotatable bonds is 7.